The molecule has 6 heteroatoms. The van der Waals surface area contributed by atoms with E-state index in [1.54, 1.807) is 13.3 Å². The van der Waals surface area contributed by atoms with Crippen LogP contribution in [0.3, 0.4) is 0 Å². The van der Waals surface area contributed by atoms with E-state index in [0.29, 0.717) is 38.7 Å². The van der Waals surface area contributed by atoms with E-state index in [1.165, 1.54) is 19.3 Å². The van der Waals surface area contributed by atoms with E-state index < -0.39 is 0 Å². The Morgan fingerprint density at radius 1 is 1.25 bits per heavy atom. The first-order chi connectivity index (χ1) is 11.8. The van der Waals surface area contributed by atoms with E-state index in [1.807, 2.05) is 12.1 Å². The third kappa shape index (κ3) is 7.27. The Hall–Kier alpha value is -1.66. The monoisotopic (exact) mass is 336 g/mol. The molecular formula is C18H28N2O4. The number of aromatic nitrogens is 1. The number of pyridine rings is 1. The average Bonchev–Trinajstić information content (AvgIpc) is 2.61. The number of methoxy groups -OCH3 is 1. The summed E-state index contributed by atoms with van der Waals surface area (Å²) in [5.41, 5.74) is 0.990. The molecule has 0 atom stereocenters. The van der Waals surface area contributed by atoms with Gasteiger partial charge in [-0.25, -0.2) is 4.98 Å². The molecule has 0 saturated heterocycles. The molecule has 0 radical (unpaired) electrons. The fraction of sp³-hybridized carbons (Fsp3) is 0.667. The minimum absolute atomic E-state index is 0.0287. The summed E-state index contributed by atoms with van der Waals surface area (Å²) in [4.78, 5) is 16.1. The van der Waals surface area contributed by atoms with Crippen molar-refractivity contribution in [3.05, 3.63) is 23.9 Å². The Kier molecular flexibility index (Phi) is 8.55. The molecule has 24 heavy (non-hydrogen) atoms. The number of hydrogen-bond donors (Lipinski definition) is 1. The van der Waals surface area contributed by atoms with Crippen LogP contribution in [0.4, 0.5) is 0 Å². The highest BCUT2D eigenvalue weighted by molar-refractivity contribution is 5.75. The standard InChI is InChI=1S/C18H28N2O4/c1-22-11-12-23-10-8-17(21)20-14-15-7-9-19-18(13-15)24-16-5-3-2-4-6-16/h7,9,13,16H,2-6,8,10-12,14H2,1H3,(H,20,21). The van der Waals surface area contributed by atoms with Crippen molar-refractivity contribution in [3.63, 3.8) is 0 Å². The first-order valence-corrected chi connectivity index (χ1v) is 8.73. The topological polar surface area (TPSA) is 69.7 Å². The van der Waals surface area contributed by atoms with Crippen molar-refractivity contribution in [2.24, 2.45) is 0 Å². The van der Waals surface area contributed by atoms with Gasteiger partial charge in [0.2, 0.25) is 11.8 Å². The summed E-state index contributed by atoms with van der Waals surface area (Å²) < 4.78 is 16.1. The molecule has 1 aliphatic rings. The molecule has 6 nitrogen and oxygen atoms in total. The molecule has 0 unspecified atom stereocenters. The van der Waals surface area contributed by atoms with Gasteiger partial charge in [0.05, 0.1) is 19.8 Å². The van der Waals surface area contributed by atoms with E-state index in [0.717, 1.165) is 18.4 Å². The normalized spacial score (nSPS) is 15.2. The van der Waals surface area contributed by atoms with E-state index in [9.17, 15) is 4.79 Å². The second-order valence-electron chi connectivity index (χ2n) is 6.01. The van der Waals surface area contributed by atoms with E-state index in [2.05, 4.69) is 10.3 Å². The lowest BCUT2D eigenvalue weighted by molar-refractivity contribution is -0.122. The summed E-state index contributed by atoms with van der Waals surface area (Å²) in [7, 11) is 1.62. The SMILES string of the molecule is COCCOCCC(=O)NCc1ccnc(OC2CCCCC2)c1. The highest BCUT2D eigenvalue weighted by atomic mass is 16.5. The number of ether oxygens (including phenoxy) is 3. The number of hydrogen-bond acceptors (Lipinski definition) is 5. The predicted octanol–water partition coefficient (Wildman–Crippen LogP) is 2.46. The van der Waals surface area contributed by atoms with Crippen molar-refractivity contribution in [1.82, 2.24) is 10.3 Å². The van der Waals surface area contributed by atoms with Crippen LogP contribution in [0, 0.1) is 0 Å². The summed E-state index contributed by atoms with van der Waals surface area (Å²) in [6.45, 7) is 1.93. The van der Waals surface area contributed by atoms with Gasteiger partial charge in [-0.3, -0.25) is 4.79 Å². The fourth-order valence-corrected chi connectivity index (χ4v) is 2.68. The molecule has 1 aromatic heterocycles. The van der Waals surface area contributed by atoms with Gasteiger partial charge in [-0.15, -0.1) is 0 Å². The van der Waals surface area contributed by atoms with Crippen molar-refractivity contribution in [1.29, 1.82) is 0 Å². The zero-order valence-electron chi connectivity index (χ0n) is 14.5. The van der Waals surface area contributed by atoms with Crippen LogP contribution >= 0.6 is 0 Å². The van der Waals surface area contributed by atoms with Gasteiger partial charge >= 0.3 is 0 Å². The first-order valence-electron chi connectivity index (χ1n) is 8.73. The highest BCUT2D eigenvalue weighted by Crippen LogP contribution is 2.22. The van der Waals surface area contributed by atoms with Gasteiger partial charge in [0.25, 0.3) is 0 Å². The third-order valence-corrected chi connectivity index (χ3v) is 4.03. The second-order valence-corrected chi connectivity index (χ2v) is 6.01. The van der Waals surface area contributed by atoms with Crippen LogP contribution in [0.5, 0.6) is 5.88 Å². The van der Waals surface area contributed by atoms with Crippen LogP contribution in [-0.4, -0.2) is 43.9 Å². The molecular weight excluding hydrogens is 308 g/mol. The molecule has 2 rings (SSSR count). The summed E-state index contributed by atoms with van der Waals surface area (Å²) in [5.74, 6) is 0.621. The Morgan fingerprint density at radius 3 is 2.88 bits per heavy atom. The number of nitrogens with one attached hydrogen (secondary N) is 1. The summed E-state index contributed by atoms with van der Waals surface area (Å²) in [5, 5.41) is 2.89. The molecule has 134 valence electrons. The Morgan fingerprint density at radius 2 is 2.08 bits per heavy atom. The number of nitrogens with zero attached hydrogens (tertiary/aromatic N) is 1. The van der Waals surface area contributed by atoms with Crippen LogP contribution in [0.2, 0.25) is 0 Å². The summed E-state index contributed by atoms with van der Waals surface area (Å²) in [6.07, 6.45) is 8.32. The molecule has 0 bridgehead atoms. The molecule has 1 heterocycles. The largest absolute Gasteiger partial charge is 0.474 e. The molecule has 0 spiro atoms. The van der Waals surface area contributed by atoms with E-state index in [-0.39, 0.29) is 12.0 Å². The smallest absolute Gasteiger partial charge is 0.222 e. The van der Waals surface area contributed by atoms with Crippen LogP contribution in [0.15, 0.2) is 18.3 Å². The van der Waals surface area contributed by atoms with Crippen molar-refractivity contribution in [2.45, 2.75) is 51.2 Å². The Balaban J connectivity index is 1.68. The van der Waals surface area contributed by atoms with Crippen molar-refractivity contribution in [3.8, 4) is 5.88 Å². The molecule has 1 N–H and O–H groups in total. The van der Waals surface area contributed by atoms with Crippen LogP contribution in [0.25, 0.3) is 0 Å². The number of carbonyl (C=O) groups is 1. The minimum Gasteiger partial charge on any atom is -0.474 e. The quantitative estimate of drug-likeness (QED) is 0.665. The Labute approximate surface area is 143 Å². The number of rotatable bonds is 10. The van der Waals surface area contributed by atoms with Gasteiger partial charge in [0, 0.05) is 32.3 Å². The van der Waals surface area contributed by atoms with Crippen LogP contribution in [-0.2, 0) is 20.8 Å². The van der Waals surface area contributed by atoms with Crippen molar-refractivity contribution in [2.75, 3.05) is 26.9 Å². The minimum atomic E-state index is -0.0287. The zero-order valence-corrected chi connectivity index (χ0v) is 14.5. The third-order valence-electron chi connectivity index (χ3n) is 4.03. The molecule has 1 aliphatic carbocycles. The maximum atomic E-state index is 11.8. The van der Waals surface area contributed by atoms with Gasteiger partial charge in [-0.2, -0.15) is 0 Å². The Bertz CT molecular complexity index is 490. The molecule has 1 aromatic rings. The fourth-order valence-electron chi connectivity index (χ4n) is 2.68. The van der Waals surface area contributed by atoms with Gasteiger partial charge < -0.3 is 19.5 Å². The van der Waals surface area contributed by atoms with Gasteiger partial charge in [0.15, 0.2) is 0 Å². The van der Waals surface area contributed by atoms with E-state index in [4.69, 9.17) is 14.2 Å². The molecule has 1 fully saturated rings. The van der Waals surface area contributed by atoms with Gasteiger partial charge in [-0.05, 0) is 37.3 Å². The van der Waals surface area contributed by atoms with E-state index >= 15 is 0 Å². The lowest BCUT2D eigenvalue weighted by Crippen LogP contribution is -2.24. The average molecular weight is 336 g/mol. The molecule has 1 saturated carbocycles. The highest BCUT2D eigenvalue weighted by Gasteiger charge is 2.15. The molecule has 0 aromatic carbocycles. The lowest BCUT2D eigenvalue weighted by atomic mass is 9.98. The number of carbonyl (C=O) groups excluding carboxylic acids is 1. The van der Waals surface area contributed by atoms with Crippen molar-refractivity contribution >= 4 is 5.91 Å². The zero-order chi connectivity index (χ0) is 17.0. The second kappa shape index (κ2) is 11.0. The predicted molar refractivity (Wildman–Crippen MR) is 90.9 cm³/mol. The number of amides is 1. The van der Waals surface area contributed by atoms with Gasteiger partial charge in [-0.1, -0.05) is 6.42 Å². The van der Waals surface area contributed by atoms with Gasteiger partial charge in [0.1, 0.15) is 6.10 Å². The van der Waals surface area contributed by atoms with Crippen molar-refractivity contribution < 1.29 is 19.0 Å². The summed E-state index contributed by atoms with van der Waals surface area (Å²) >= 11 is 0. The lowest BCUT2D eigenvalue weighted by Gasteiger charge is -2.22. The first kappa shape index (κ1) is 18.7. The maximum absolute atomic E-state index is 11.8. The molecule has 1 amide bonds. The van der Waals surface area contributed by atoms with Crippen LogP contribution < -0.4 is 10.1 Å². The molecule has 0 aliphatic heterocycles. The maximum Gasteiger partial charge on any atom is 0.222 e. The summed E-state index contributed by atoms with van der Waals surface area (Å²) in [6, 6.07) is 3.80. The van der Waals surface area contributed by atoms with Crippen LogP contribution in [0.1, 0.15) is 44.1 Å².